The SMILES string of the molecule is CCCC(=O)N1CCC(NC(=O)c2ccc(F)c(F)c2F)CC1. The highest BCUT2D eigenvalue weighted by Gasteiger charge is 2.25. The number of amides is 2. The Balaban J connectivity index is 1.93. The number of halogens is 3. The Bertz CT molecular complexity index is 599. The maximum Gasteiger partial charge on any atom is 0.254 e. The number of piperidine rings is 1. The van der Waals surface area contributed by atoms with Crippen molar-refractivity contribution in [1.29, 1.82) is 0 Å². The Labute approximate surface area is 132 Å². The molecule has 2 rings (SSSR count). The zero-order valence-corrected chi connectivity index (χ0v) is 12.9. The highest BCUT2D eigenvalue weighted by molar-refractivity contribution is 5.94. The van der Waals surface area contributed by atoms with Crippen molar-refractivity contribution in [2.45, 2.75) is 38.6 Å². The average Bonchev–Trinajstić information content (AvgIpc) is 2.53. The number of rotatable bonds is 4. The van der Waals surface area contributed by atoms with Crippen LogP contribution < -0.4 is 5.32 Å². The minimum Gasteiger partial charge on any atom is -0.349 e. The Morgan fingerprint density at radius 2 is 1.83 bits per heavy atom. The Morgan fingerprint density at radius 3 is 2.43 bits per heavy atom. The second kappa shape index (κ2) is 7.48. The van der Waals surface area contributed by atoms with Gasteiger partial charge in [0.25, 0.3) is 5.91 Å². The number of benzene rings is 1. The maximum atomic E-state index is 13.6. The molecule has 1 fully saturated rings. The summed E-state index contributed by atoms with van der Waals surface area (Å²) in [5.41, 5.74) is -0.520. The van der Waals surface area contributed by atoms with Gasteiger partial charge in [-0.2, -0.15) is 0 Å². The van der Waals surface area contributed by atoms with Crippen LogP contribution in [0.5, 0.6) is 0 Å². The van der Waals surface area contributed by atoms with Gasteiger partial charge in [0.1, 0.15) is 0 Å². The van der Waals surface area contributed by atoms with Crippen LogP contribution in [0.2, 0.25) is 0 Å². The van der Waals surface area contributed by atoms with Gasteiger partial charge in [-0.15, -0.1) is 0 Å². The van der Waals surface area contributed by atoms with Crippen LogP contribution in [-0.2, 0) is 4.79 Å². The third-order valence-corrected chi connectivity index (χ3v) is 3.93. The van der Waals surface area contributed by atoms with Crippen molar-refractivity contribution >= 4 is 11.8 Å². The second-order valence-corrected chi connectivity index (χ2v) is 5.60. The standard InChI is InChI=1S/C16H19F3N2O2/c1-2-3-13(22)21-8-6-10(7-9-21)20-16(23)11-4-5-12(17)15(19)14(11)18/h4-5,10H,2-3,6-9H2,1H3,(H,20,23). The van der Waals surface area contributed by atoms with E-state index in [1.807, 2.05) is 6.92 Å². The molecule has 0 saturated carbocycles. The molecule has 1 aromatic carbocycles. The summed E-state index contributed by atoms with van der Waals surface area (Å²) in [7, 11) is 0. The van der Waals surface area contributed by atoms with Gasteiger partial charge in [0.15, 0.2) is 17.5 Å². The summed E-state index contributed by atoms with van der Waals surface area (Å²) in [5, 5.41) is 2.61. The topological polar surface area (TPSA) is 49.4 Å². The van der Waals surface area contributed by atoms with Gasteiger partial charge in [0.05, 0.1) is 5.56 Å². The quantitative estimate of drug-likeness (QED) is 0.864. The zero-order chi connectivity index (χ0) is 17.0. The van der Waals surface area contributed by atoms with Crippen molar-refractivity contribution in [1.82, 2.24) is 10.2 Å². The number of hydrogen-bond acceptors (Lipinski definition) is 2. The number of nitrogens with zero attached hydrogens (tertiary/aromatic N) is 1. The number of hydrogen-bond donors (Lipinski definition) is 1. The summed E-state index contributed by atoms with van der Waals surface area (Å²) in [5.74, 6) is -5.17. The molecule has 1 aromatic rings. The molecular formula is C16H19F3N2O2. The van der Waals surface area contributed by atoms with E-state index in [2.05, 4.69) is 5.32 Å². The summed E-state index contributed by atoms with van der Waals surface area (Å²) >= 11 is 0. The van der Waals surface area contributed by atoms with Gasteiger partial charge in [-0.1, -0.05) is 6.92 Å². The van der Waals surface area contributed by atoms with Crippen molar-refractivity contribution in [3.8, 4) is 0 Å². The van der Waals surface area contributed by atoms with Crippen molar-refractivity contribution in [3.63, 3.8) is 0 Å². The Kier molecular flexibility index (Phi) is 5.63. The number of nitrogens with one attached hydrogen (secondary N) is 1. The van der Waals surface area contributed by atoms with Gasteiger partial charge in [0.2, 0.25) is 5.91 Å². The van der Waals surface area contributed by atoms with Crippen LogP contribution in [0.3, 0.4) is 0 Å². The van der Waals surface area contributed by atoms with Gasteiger partial charge >= 0.3 is 0 Å². The van der Waals surface area contributed by atoms with Crippen LogP contribution in [-0.4, -0.2) is 35.8 Å². The van der Waals surface area contributed by atoms with Gasteiger partial charge in [-0.3, -0.25) is 9.59 Å². The third-order valence-electron chi connectivity index (χ3n) is 3.93. The Morgan fingerprint density at radius 1 is 1.17 bits per heavy atom. The molecule has 0 unspecified atom stereocenters. The van der Waals surface area contributed by atoms with E-state index < -0.39 is 28.9 Å². The fourth-order valence-electron chi connectivity index (χ4n) is 2.61. The Hall–Kier alpha value is -2.05. The normalized spacial score (nSPS) is 15.6. The molecule has 1 aliphatic rings. The third kappa shape index (κ3) is 4.03. The fourth-order valence-corrected chi connectivity index (χ4v) is 2.61. The first kappa shape index (κ1) is 17.3. The van der Waals surface area contributed by atoms with Crippen LogP contribution in [0.25, 0.3) is 0 Å². The van der Waals surface area contributed by atoms with Crippen molar-refractivity contribution in [3.05, 3.63) is 35.1 Å². The molecular weight excluding hydrogens is 309 g/mol. The molecule has 0 aromatic heterocycles. The van der Waals surface area contributed by atoms with Crippen molar-refractivity contribution in [2.24, 2.45) is 0 Å². The molecule has 1 aliphatic heterocycles. The predicted octanol–water partition coefficient (Wildman–Crippen LogP) is 2.62. The van der Waals surface area contributed by atoms with E-state index in [0.717, 1.165) is 18.6 Å². The number of carbonyl (C=O) groups is 2. The molecule has 0 atom stereocenters. The lowest BCUT2D eigenvalue weighted by Gasteiger charge is -2.32. The van der Waals surface area contributed by atoms with Crippen LogP contribution in [0, 0.1) is 17.5 Å². The summed E-state index contributed by atoms with van der Waals surface area (Å²) in [6.07, 6.45) is 2.38. The second-order valence-electron chi connectivity index (χ2n) is 5.60. The summed E-state index contributed by atoms with van der Waals surface area (Å²) in [6, 6.07) is 1.42. The fraction of sp³-hybridized carbons (Fsp3) is 0.500. The molecule has 126 valence electrons. The van der Waals surface area contributed by atoms with Crippen LogP contribution in [0.1, 0.15) is 43.0 Å². The van der Waals surface area contributed by atoms with E-state index in [0.29, 0.717) is 32.4 Å². The van der Waals surface area contributed by atoms with Gasteiger partial charge in [0, 0.05) is 25.6 Å². The minimum atomic E-state index is -1.65. The largest absolute Gasteiger partial charge is 0.349 e. The lowest BCUT2D eigenvalue weighted by molar-refractivity contribution is -0.132. The zero-order valence-electron chi connectivity index (χ0n) is 12.9. The molecule has 0 radical (unpaired) electrons. The lowest BCUT2D eigenvalue weighted by Crippen LogP contribution is -2.46. The highest BCUT2D eigenvalue weighted by Crippen LogP contribution is 2.17. The highest BCUT2D eigenvalue weighted by atomic mass is 19.2. The molecule has 2 amide bonds. The van der Waals surface area contributed by atoms with E-state index in [4.69, 9.17) is 0 Å². The molecule has 0 aliphatic carbocycles. The van der Waals surface area contributed by atoms with E-state index in [-0.39, 0.29) is 11.9 Å². The van der Waals surface area contributed by atoms with Crippen molar-refractivity contribution < 1.29 is 22.8 Å². The molecule has 0 spiro atoms. The van der Waals surface area contributed by atoms with Gasteiger partial charge in [-0.25, -0.2) is 13.2 Å². The molecule has 7 heteroatoms. The summed E-state index contributed by atoms with van der Waals surface area (Å²) in [6.45, 7) is 2.97. The first-order valence-electron chi connectivity index (χ1n) is 7.66. The van der Waals surface area contributed by atoms with Crippen LogP contribution in [0.15, 0.2) is 12.1 Å². The van der Waals surface area contributed by atoms with Gasteiger partial charge in [-0.05, 0) is 31.4 Å². The summed E-state index contributed by atoms with van der Waals surface area (Å²) in [4.78, 5) is 25.5. The predicted molar refractivity (Wildman–Crippen MR) is 78.3 cm³/mol. The molecule has 4 nitrogen and oxygen atoms in total. The monoisotopic (exact) mass is 328 g/mol. The van der Waals surface area contributed by atoms with E-state index in [9.17, 15) is 22.8 Å². The molecule has 1 heterocycles. The smallest absolute Gasteiger partial charge is 0.254 e. The maximum absolute atomic E-state index is 13.6. The van der Waals surface area contributed by atoms with E-state index in [1.165, 1.54) is 0 Å². The minimum absolute atomic E-state index is 0.0870. The molecule has 1 N–H and O–H groups in total. The summed E-state index contributed by atoms with van der Waals surface area (Å²) < 4.78 is 39.6. The average molecular weight is 328 g/mol. The molecule has 23 heavy (non-hydrogen) atoms. The number of carbonyl (C=O) groups excluding carboxylic acids is 2. The van der Waals surface area contributed by atoms with E-state index >= 15 is 0 Å². The molecule has 1 saturated heterocycles. The van der Waals surface area contributed by atoms with Crippen molar-refractivity contribution in [2.75, 3.05) is 13.1 Å². The lowest BCUT2D eigenvalue weighted by atomic mass is 10.0. The van der Waals surface area contributed by atoms with Gasteiger partial charge < -0.3 is 10.2 Å². The first-order valence-corrected chi connectivity index (χ1v) is 7.66. The van der Waals surface area contributed by atoms with Crippen LogP contribution in [0.4, 0.5) is 13.2 Å². The van der Waals surface area contributed by atoms with Crippen LogP contribution >= 0.6 is 0 Å². The first-order chi connectivity index (χ1) is 10.9. The number of likely N-dealkylation sites (tertiary alicyclic amines) is 1. The molecule has 0 bridgehead atoms. The van der Waals surface area contributed by atoms with E-state index in [1.54, 1.807) is 4.90 Å².